The van der Waals surface area contributed by atoms with Crippen molar-refractivity contribution in [2.24, 2.45) is 0 Å². The van der Waals surface area contributed by atoms with Gasteiger partial charge in [0.1, 0.15) is 0 Å². The summed E-state index contributed by atoms with van der Waals surface area (Å²) in [5.41, 5.74) is 3.13. The van der Waals surface area contributed by atoms with E-state index in [1.54, 1.807) is 0 Å². The van der Waals surface area contributed by atoms with E-state index < -0.39 is 5.97 Å². The predicted molar refractivity (Wildman–Crippen MR) is 60.7 cm³/mol. The molecule has 0 aliphatic carbocycles. The Morgan fingerprint density at radius 1 is 1.44 bits per heavy atom. The van der Waals surface area contributed by atoms with Gasteiger partial charge in [-0.15, -0.1) is 0 Å². The first-order chi connectivity index (χ1) is 7.53. The summed E-state index contributed by atoms with van der Waals surface area (Å²) < 4.78 is 5.23. The first-order valence-electron chi connectivity index (χ1n) is 5.41. The SMILES string of the molecule is Cc1ccc(C)c(C2(CC(=O)O)COC2)c1. The average molecular weight is 220 g/mol. The molecular weight excluding hydrogens is 204 g/mol. The highest BCUT2D eigenvalue weighted by Crippen LogP contribution is 2.37. The van der Waals surface area contributed by atoms with Crippen LogP contribution < -0.4 is 0 Å². The third-order valence-corrected chi connectivity index (χ3v) is 3.21. The molecule has 1 fully saturated rings. The van der Waals surface area contributed by atoms with Crippen LogP contribution in [0.2, 0.25) is 0 Å². The molecule has 1 aliphatic heterocycles. The quantitative estimate of drug-likeness (QED) is 0.848. The van der Waals surface area contributed by atoms with Crippen LogP contribution in [0.5, 0.6) is 0 Å². The van der Waals surface area contributed by atoms with E-state index in [1.165, 1.54) is 0 Å². The maximum Gasteiger partial charge on any atom is 0.304 e. The molecule has 86 valence electrons. The number of ether oxygens (including phenoxy) is 1. The van der Waals surface area contributed by atoms with Gasteiger partial charge in [0.05, 0.1) is 25.0 Å². The molecule has 1 aromatic rings. The van der Waals surface area contributed by atoms with E-state index in [9.17, 15) is 4.79 Å². The molecule has 0 aromatic heterocycles. The zero-order valence-corrected chi connectivity index (χ0v) is 9.62. The molecule has 0 atom stereocenters. The Morgan fingerprint density at radius 2 is 2.12 bits per heavy atom. The van der Waals surface area contributed by atoms with Crippen LogP contribution in [0.4, 0.5) is 0 Å². The van der Waals surface area contributed by atoms with Gasteiger partial charge >= 0.3 is 5.97 Å². The second kappa shape index (κ2) is 3.91. The highest BCUT2D eigenvalue weighted by molar-refractivity contribution is 5.69. The standard InChI is InChI=1S/C13H16O3/c1-9-3-4-10(2)11(5-9)13(6-12(14)15)7-16-8-13/h3-5H,6-8H2,1-2H3,(H,14,15). The summed E-state index contributed by atoms with van der Waals surface area (Å²) in [6.07, 6.45) is 0.150. The maximum atomic E-state index is 10.9. The Morgan fingerprint density at radius 3 is 2.62 bits per heavy atom. The first-order valence-corrected chi connectivity index (χ1v) is 5.41. The van der Waals surface area contributed by atoms with Crippen molar-refractivity contribution in [1.29, 1.82) is 0 Å². The predicted octanol–water partition coefficient (Wildman–Crippen LogP) is 2.05. The zero-order chi connectivity index (χ0) is 11.8. The number of carbonyl (C=O) groups is 1. The first kappa shape index (κ1) is 11.1. The topological polar surface area (TPSA) is 46.5 Å². The molecule has 0 radical (unpaired) electrons. The van der Waals surface area contributed by atoms with E-state index >= 15 is 0 Å². The summed E-state index contributed by atoms with van der Waals surface area (Å²) in [6.45, 7) is 5.08. The molecule has 16 heavy (non-hydrogen) atoms. The van der Waals surface area contributed by atoms with Crippen molar-refractivity contribution in [2.75, 3.05) is 13.2 Å². The van der Waals surface area contributed by atoms with Gasteiger partial charge in [-0.1, -0.05) is 23.8 Å². The second-order valence-electron chi connectivity index (χ2n) is 4.66. The van der Waals surface area contributed by atoms with Gasteiger partial charge < -0.3 is 9.84 Å². The lowest BCUT2D eigenvalue weighted by Gasteiger charge is -2.42. The molecule has 1 aliphatic rings. The van der Waals surface area contributed by atoms with E-state index in [-0.39, 0.29) is 11.8 Å². The lowest BCUT2D eigenvalue weighted by atomic mass is 9.73. The fourth-order valence-electron chi connectivity index (χ4n) is 2.30. The number of benzene rings is 1. The van der Waals surface area contributed by atoms with Gasteiger partial charge in [-0.05, 0) is 25.0 Å². The average Bonchev–Trinajstić information content (AvgIpc) is 2.15. The Hall–Kier alpha value is -1.35. The monoisotopic (exact) mass is 220 g/mol. The highest BCUT2D eigenvalue weighted by Gasteiger charge is 2.43. The molecule has 0 amide bonds. The molecule has 0 unspecified atom stereocenters. The summed E-state index contributed by atoms with van der Waals surface area (Å²) >= 11 is 0. The minimum absolute atomic E-state index is 0.150. The van der Waals surface area contributed by atoms with Gasteiger partial charge in [0.2, 0.25) is 0 Å². The van der Waals surface area contributed by atoms with Gasteiger partial charge in [-0.2, -0.15) is 0 Å². The molecule has 2 rings (SSSR count). The number of carboxylic acid groups (broad SMARTS) is 1. The van der Waals surface area contributed by atoms with Crippen LogP contribution in [-0.4, -0.2) is 24.3 Å². The van der Waals surface area contributed by atoms with Gasteiger partial charge in [-0.25, -0.2) is 0 Å². The number of aliphatic carboxylic acids is 1. The van der Waals surface area contributed by atoms with Crippen molar-refractivity contribution < 1.29 is 14.6 Å². The van der Waals surface area contributed by atoms with Crippen LogP contribution in [0, 0.1) is 13.8 Å². The number of rotatable bonds is 3. The summed E-state index contributed by atoms with van der Waals surface area (Å²) in [5, 5.41) is 8.98. The molecule has 0 spiro atoms. The van der Waals surface area contributed by atoms with Gasteiger partial charge in [-0.3, -0.25) is 4.79 Å². The van der Waals surface area contributed by atoms with E-state index in [2.05, 4.69) is 6.07 Å². The van der Waals surface area contributed by atoms with Crippen molar-refractivity contribution in [3.8, 4) is 0 Å². The normalized spacial score (nSPS) is 17.9. The van der Waals surface area contributed by atoms with Crippen molar-refractivity contribution in [1.82, 2.24) is 0 Å². The molecule has 1 N–H and O–H groups in total. The molecule has 1 saturated heterocycles. The Labute approximate surface area is 95.0 Å². The fourth-order valence-corrected chi connectivity index (χ4v) is 2.30. The van der Waals surface area contributed by atoms with Crippen LogP contribution in [0.1, 0.15) is 23.1 Å². The summed E-state index contributed by atoms with van der Waals surface area (Å²) in [4.78, 5) is 10.9. The summed E-state index contributed by atoms with van der Waals surface area (Å²) in [5.74, 6) is -0.760. The molecular formula is C13H16O3. The van der Waals surface area contributed by atoms with Gasteiger partial charge in [0.15, 0.2) is 0 Å². The van der Waals surface area contributed by atoms with Gasteiger partial charge in [0.25, 0.3) is 0 Å². The molecule has 0 bridgehead atoms. The highest BCUT2D eigenvalue weighted by atomic mass is 16.5. The van der Waals surface area contributed by atoms with Crippen LogP contribution in [0.3, 0.4) is 0 Å². The van der Waals surface area contributed by atoms with Crippen LogP contribution >= 0.6 is 0 Å². The lowest BCUT2D eigenvalue weighted by molar-refractivity contribution is -0.145. The number of hydrogen-bond acceptors (Lipinski definition) is 2. The van der Waals surface area contributed by atoms with Crippen molar-refractivity contribution in [3.05, 3.63) is 34.9 Å². The molecule has 3 nitrogen and oxygen atoms in total. The molecule has 0 saturated carbocycles. The van der Waals surface area contributed by atoms with Gasteiger partial charge in [0, 0.05) is 0 Å². The smallest absolute Gasteiger partial charge is 0.304 e. The van der Waals surface area contributed by atoms with E-state index in [4.69, 9.17) is 9.84 Å². The fraction of sp³-hybridized carbons (Fsp3) is 0.462. The third-order valence-electron chi connectivity index (χ3n) is 3.21. The van der Waals surface area contributed by atoms with E-state index in [0.717, 1.165) is 16.7 Å². The summed E-state index contributed by atoms with van der Waals surface area (Å²) in [6, 6.07) is 6.18. The van der Waals surface area contributed by atoms with E-state index in [1.807, 2.05) is 26.0 Å². The Bertz CT molecular complexity index is 419. The van der Waals surface area contributed by atoms with Crippen molar-refractivity contribution >= 4 is 5.97 Å². The maximum absolute atomic E-state index is 10.9. The van der Waals surface area contributed by atoms with Crippen LogP contribution in [-0.2, 0) is 14.9 Å². The minimum Gasteiger partial charge on any atom is -0.481 e. The Balaban J connectivity index is 2.39. The molecule has 1 aromatic carbocycles. The number of aryl methyl sites for hydroxylation is 2. The number of carboxylic acids is 1. The third kappa shape index (κ3) is 1.83. The lowest BCUT2D eigenvalue weighted by Crippen LogP contribution is -2.48. The second-order valence-corrected chi connectivity index (χ2v) is 4.66. The minimum atomic E-state index is -0.760. The van der Waals surface area contributed by atoms with Crippen molar-refractivity contribution in [2.45, 2.75) is 25.7 Å². The molecule has 3 heteroatoms. The van der Waals surface area contributed by atoms with Crippen molar-refractivity contribution in [3.63, 3.8) is 0 Å². The van der Waals surface area contributed by atoms with Crippen LogP contribution in [0.25, 0.3) is 0 Å². The van der Waals surface area contributed by atoms with E-state index in [0.29, 0.717) is 13.2 Å². The summed E-state index contributed by atoms with van der Waals surface area (Å²) in [7, 11) is 0. The Kier molecular flexibility index (Phi) is 2.72. The largest absolute Gasteiger partial charge is 0.481 e. The molecule has 1 heterocycles. The zero-order valence-electron chi connectivity index (χ0n) is 9.62. The van der Waals surface area contributed by atoms with Crippen LogP contribution in [0.15, 0.2) is 18.2 Å². The number of hydrogen-bond donors (Lipinski definition) is 1.